The molecule has 2 aromatic rings. The Bertz CT molecular complexity index is 566. The summed E-state index contributed by atoms with van der Waals surface area (Å²) in [6, 6.07) is 7.94. The van der Waals surface area contributed by atoms with Gasteiger partial charge in [-0.15, -0.1) is 11.8 Å². The van der Waals surface area contributed by atoms with Crippen molar-refractivity contribution in [3.63, 3.8) is 0 Å². The van der Waals surface area contributed by atoms with Crippen LogP contribution in [-0.4, -0.2) is 35.4 Å². The third kappa shape index (κ3) is 3.91. The van der Waals surface area contributed by atoms with Crippen molar-refractivity contribution in [3.05, 3.63) is 30.2 Å². The maximum Gasteiger partial charge on any atom is 0.234 e. The molecule has 0 aliphatic heterocycles. The average Bonchev–Trinajstić information content (AvgIpc) is 2.88. The SMILES string of the molecule is CCSc1ccc(-c2noc(CC(=O)COC)n2)cc1. The van der Waals surface area contributed by atoms with Gasteiger partial charge in [0.15, 0.2) is 5.78 Å². The van der Waals surface area contributed by atoms with Crippen molar-refractivity contribution in [3.8, 4) is 11.4 Å². The molecule has 1 aromatic heterocycles. The smallest absolute Gasteiger partial charge is 0.234 e. The second kappa shape index (κ2) is 7.21. The number of hydrogen-bond donors (Lipinski definition) is 0. The van der Waals surface area contributed by atoms with Crippen LogP contribution in [0.5, 0.6) is 0 Å². The van der Waals surface area contributed by atoms with E-state index in [0.29, 0.717) is 11.7 Å². The van der Waals surface area contributed by atoms with Crippen LogP contribution in [0.15, 0.2) is 33.7 Å². The molecule has 5 nitrogen and oxygen atoms in total. The number of hydrogen-bond acceptors (Lipinski definition) is 6. The van der Waals surface area contributed by atoms with Crippen molar-refractivity contribution in [1.82, 2.24) is 10.1 Å². The van der Waals surface area contributed by atoms with Gasteiger partial charge in [-0.2, -0.15) is 4.98 Å². The lowest BCUT2D eigenvalue weighted by molar-refractivity contribution is -0.122. The molecule has 0 aliphatic carbocycles. The van der Waals surface area contributed by atoms with Crippen LogP contribution in [0, 0.1) is 0 Å². The topological polar surface area (TPSA) is 65.2 Å². The summed E-state index contributed by atoms with van der Waals surface area (Å²) in [4.78, 5) is 16.8. The van der Waals surface area contributed by atoms with Crippen molar-refractivity contribution in [2.24, 2.45) is 0 Å². The highest BCUT2D eigenvalue weighted by Crippen LogP contribution is 2.22. The first kappa shape index (κ1) is 14.7. The lowest BCUT2D eigenvalue weighted by Gasteiger charge is -1.98. The van der Waals surface area contributed by atoms with Gasteiger partial charge in [-0.25, -0.2) is 0 Å². The maximum atomic E-state index is 11.4. The number of carbonyl (C=O) groups is 1. The molecule has 0 aliphatic rings. The molecule has 0 unspecified atom stereocenters. The zero-order valence-electron chi connectivity index (χ0n) is 11.5. The van der Waals surface area contributed by atoms with Gasteiger partial charge in [0.2, 0.25) is 11.7 Å². The van der Waals surface area contributed by atoms with Crippen molar-refractivity contribution >= 4 is 17.5 Å². The summed E-state index contributed by atoms with van der Waals surface area (Å²) in [6.07, 6.45) is 0.102. The molecular weight excluding hydrogens is 276 g/mol. The molecule has 0 radical (unpaired) electrons. The van der Waals surface area contributed by atoms with Crippen LogP contribution in [0.1, 0.15) is 12.8 Å². The Morgan fingerprint density at radius 2 is 2.10 bits per heavy atom. The number of benzene rings is 1. The summed E-state index contributed by atoms with van der Waals surface area (Å²) in [5.74, 6) is 1.76. The first-order valence-electron chi connectivity index (χ1n) is 6.29. The Morgan fingerprint density at radius 3 is 2.75 bits per heavy atom. The molecule has 6 heteroatoms. The highest BCUT2D eigenvalue weighted by molar-refractivity contribution is 7.99. The highest BCUT2D eigenvalue weighted by Gasteiger charge is 2.12. The third-order valence-corrected chi connectivity index (χ3v) is 3.44. The van der Waals surface area contributed by atoms with Crippen LogP contribution >= 0.6 is 11.8 Å². The second-order valence-electron chi connectivity index (χ2n) is 4.12. The summed E-state index contributed by atoms with van der Waals surface area (Å²) in [5.41, 5.74) is 0.875. The minimum atomic E-state index is -0.0857. The van der Waals surface area contributed by atoms with E-state index < -0.39 is 0 Å². The Balaban J connectivity index is 2.06. The number of thioether (sulfide) groups is 1. The zero-order valence-corrected chi connectivity index (χ0v) is 12.3. The number of methoxy groups -OCH3 is 1. The lowest BCUT2D eigenvalue weighted by Crippen LogP contribution is -2.09. The molecule has 0 bridgehead atoms. The van der Waals surface area contributed by atoms with Gasteiger partial charge in [-0.05, 0) is 30.0 Å². The Hall–Kier alpha value is -1.66. The minimum absolute atomic E-state index is 0.0562. The second-order valence-corrected chi connectivity index (χ2v) is 5.46. The molecule has 106 valence electrons. The fourth-order valence-corrected chi connectivity index (χ4v) is 2.35. The van der Waals surface area contributed by atoms with Crippen LogP contribution in [0.3, 0.4) is 0 Å². The van der Waals surface area contributed by atoms with Crippen molar-refractivity contribution < 1.29 is 14.1 Å². The number of Topliss-reactive ketones (excluding diaryl/α,β-unsaturated/α-hetero) is 1. The van der Waals surface area contributed by atoms with E-state index in [1.54, 1.807) is 11.8 Å². The van der Waals surface area contributed by atoms with E-state index in [4.69, 9.17) is 9.26 Å². The van der Waals surface area contributed by atoms with Gasteiger partial charge in [-0.3, -0.25) is 4.79 Å². The van der Waals surface area contributed by atoms with Crippen molar-refractivity contribution in [1.29, 1.82) is 0 Å². The number of ketones is 1. The lowest BCUT2D eigenvalue weighted by atomic mass is 10.2. The van der Waals surface area contributed by atoms with Gasteiger partial charge in [0.25, 0.3) is 0 Å². The molecule has 0 saturated carbocycles. The summed E-state index contributed by atoms with van der Waals surface area (Å²) in [6.45, 7) is 2.17. The summed E-state index contributed by atoms with van der Waals surface area (Å²) < 4.78 is 9.83. The standard InChI is InChI=1S/C14H16N2O3S/c1-3-20-12-6-4-10(5-7-12)14-15-13(19-16-14)8-11(17)9-18-2/h4-7H,3,8-9H2,1-2H3. The van der Waals surface area contributed by atoms with Crippen LogP contribution in [0.25, 0.3) is 11.4 Å². The molecular formula is C14H16N2O3S. The summed E-state index contributed by atoms with van der Waals surface area (Å²) in [7, 11) is 1.48. The molecule has 0 N–H and O–H groups in total. The molecule has 1 heterocycles. The number of aromatic nitrogens is 2. The molecule has 0 spiro atoms. The van der Waals surface area contributed by atoms with E-state index in [1.807, 2.05) is 24.3 Å². The van der Waals surface area contributed by atoms with Crippen LogP contribution in [0.2, 0.25) is 0 Å². The van der Waals surface area contributed by atoms with Crippen LogP contribution in [0.4, 0.5) is 0 Å². The van der Waals surface area contributed by atoms with Gasteiger partial charge < -0.3 is 9.26 Å². The normalized spacial score (nSPS) is 10.7. The van der Waals surface area contributed by atoms with Crippen molar-refractivity contribution in [2.75, 3.05) is 19.5 Å². The average molecular weight is 292 g/mol. The van der Waals surface area contributed by atoms with Gasteiger partial charge in [0.1, 0.15) is 6.61 Å². The maximum absolute atomic E-state index is 11.4. The monoisotopic (exact) mass is 292 g/mol. The zero-order chi connectivity index (χ0) is 14.4. The third-order valence-electron chi connectivity index (χ3n) is 2.55. The number of carbonyl (C=O) groups excluding carboxylic acids is 1. The molecule has 0 fully saturated rings. The Morgan fingerprint density at radius 1 is 1.35 bits per heavy atom. The fourth-order valence-electron chi connectivity index (χ4n) is 1.69. The largest absolute Gasteiger partial charge is 0.377 e. The predicted molar refractivity (Wildman–Crippen MR) is 76.7 cm³/mol. The van der Waals surface area contributed by atoms with Crippen LogP contribution in [-0.2, 0) is 16.0 Å². The molecule has 0 amide bonds. The Kier molecular flexibility index (Phi) is 5.31. The number of nitrogens with zero attached hydrogens (tertiary/aromatic N) is 2. The van der Waals surface area contributed by atoms with Gasteiger partial charge >= 0.3 is 0 Å². The quantitative estimate of drug-likeness (QED) is 0.731. The molecule has 0 saturated heterocycles. The van der Waals surface area contributed by atoms with Crippen LogP contribution < -0.4 is 0 Å². The molecule has 20 heavy (non-hydrogen) atoms. The van der Waals surface area contributed by atoms with E-state index in [1.165, 1.54) is 12.0 Å². The highest BCUT2D eigenvalue weighted by atomic mass is 32.2. The summed E-state index contributed by atoms with van der Waals surface area (Å²) >= 11 is 1.78. The van der Waals surface area contributed by atoms with Gasteiger partial charge in [0, 0.05) is 17.6 Å². The fraction of sp³-hybridized carbons (Fsp3) is 0.357. The Labute approximate surface area is 121 Å². The van der Waals surface area contributed by atoms with E-state index in [2.05, 4.69) is 17.1 Å². The predicted octanol–water partition coefficient (Wildman–Crippen LogP) is 2.61. The molecule has 0 atom stereocenters. The van der Waals surface area contributed by atoms with E-state index in [9.17, 15) is 4.79 Å². The van der Waals surface area contributed by atoms with E-state index in [0.717, 1.165) is 11.3 Å². The van der Waals surface area contributed by atoms with E-state index in [-0.39, 0.29) is 18.8 Å². The minimum Gasteiger partial charge on any atom is -0.377 e. The number of ether oxygens (including phenoxy) is 1. The first-order chi connectivity index (χ1) is 9.72. The number of rotatable bonds is 7. The first-order valence-corrected chi connectivity index (χ1v) is 7.28. The molecule has 1 aromatic carbocycles. The molecule has 2 rings (SSSR count). The van der Waals surface area contributed by atoms with Gasteiger partial charge in [-0.1, -0.05) is 12.1 Å². The van der Waals surface area contributed by atoms with Crippen molar-refractivity contribution in [2.45, 2.75) is 18.2 Å². The summed E-state index contributed by atoms with van der Waals surface area (Å²) in [5, 5.41) is 3.89. The van der Waals surface area contributed by atoms with Gasteiger partial charge in [0.05, 0.1) is 6.42 Å². The van der Waals surface area contributed by atoms with E-state index >= 15 is 0 Å².